The highest BCUT2D eigenvalue weighted by molar-refractivity contribution is 7.22. The standard InChI is InChI=1S/C4H9O2P/c1-3(7)4(5)6-2/h5H,7H2,1-2H3/p-1/b4-3-. The van der Waals surface area contributed by atoms with E-state index in [2.05, 4.69) is 14.0 Å². The van der Waals surface area contributed by atoms with Crippen LogP contribution in [0.3, 0.4) is 0 Å². The largest absolute Gasteiger partial charge is 0.616 e. The molecule has 1 unspecified atom stereocenters. The minimum absolute atomic E-state index is 0.273. The summed E-state index contributed by atoms with van der Waals surface area (Å²) in [4.78, 5) is 0. The zero-order valence-electron chi connectivity index (χ0n) is 4.39. The highest BCUT2D eigenvalue weighted by Gasteiger charge is 1.76. The first kappa shape index (κ1) is 6.77. The van der Waals surface area contributed by atoms with Crippen LogP contribution >= 0.6 is 9.24 Å². The maximum atomic E-state index is 10.2. The van der Waals surface area contributed by atoms with Crippen LogP contribution in [0.4, 0.5) is 0 Å². The van der Waals surface area contributed by atoms with E-state index in [1.54, 1.807) is 6.92 Å². The van der Waals surface area contributed by atoms with E-state index in [1.165, 1.54) is 7.11 Å². The third-order valence-corrected chi connectivity index (χ3v) is 0.743. The second kappa shape index (κ2) is 2.86. The summed E-state index contributed by atoms with van der Waals surface area (Å²) in [5.74, 6) is -0.273. The lowest BCUT2D eigenvalue weighted by molar-refractivity contribution is -0.354. The minimum Gasteiger partial charge on any atom is -0.616 e. The van der Waals surface area contributed by atoms with Crippen LogP contribution in [-0.4, -0.2) is 7.11 Å². The van der Waals surface area contributed by atoms with Crippen molar-refractivity contribution in [3.8, 4) is 0 Å². The van der Waals surface area contributed by atoms with Crippen LogP contribution in [0.15, 0.2) is 11.3 Å². The Morgan fingerprint density at radius 1 is 1.71 bits per heavy atom. The predicted molar refractivity (Wildman–Crippen MR) is 29.4 cm³/mol. The number of allylic oxidation sites excluding steroid dienone is 1. The van der Waals surface area contributed by atoms with Crippen molar-refractivity contribution in [2.45, 2.75) is 6.92 Å². The molecule has 0 saturated carbocycles. The van der Waals surface area contributed by atoms with E-state index in [4.69, 9.17) is 0 Å². The zero-order valence-corrected chi connectivity index (χ0v) is 5.55. The number of hydrogen-bond donors (Lipinski definition) is 0. The summed E-state index contributed by atoms with van der Waals surface area (Å²) in [6.45, 7) is 1.68. The Bertz CT molecular complexity index is 83.7. The summed E-state index contributed by atoms with van der Waals surface area (Å²) in [5, 5.41) is 10.8. The van der Waals surface area contributed by atoms with E-state index in [0.29, 0.717) is 5.31 Å². The van der Waals surface area contributed by atoms with Gasteiger partial charge in [0.2, 0.25) is 0 Å². The Labute approximate surface area is 45.4 Å². The first-order chi connectivity index (χ1) is 3.18. The van der Waals surface area contributed by atoms with E-state index >= 15 is 0 Å². The monoisotopic (exact) mass is 119 g/mol. The lowest BCUT2D eigenvalue weighted by atomic mass is 10.7. The average Bonchev–Trinajstić information content (AvgIpc) is 1.65. The van der Waals surface area contributed by atoms with Crippen molar-refractivity contribution >= 4 is 9.24 Å². The smallest absolute Gasteiger partial charge is 0.0539 e. The maximum Gasteiger partial charge on any atom is 0.0539 e. The van der Waals surface area contributed by atoms with E-state index in [-0.39, 0.29) is 5.95 Å². The predicted octanol–water partition coefficient (Wildman–Crippen LogP) is 0.0572. The van der Waals surface area contributed by atoms with E-state index in [1.807, 2.05) is 0 Å². The molecule has 0 spiro atoms. The van der Waals surface area contributed by atoms with Crippen LogP contribution in [0.25, 0.3) is 0 Å². The molecule has 0 N–H and O–H groups in total. The van der Waals surface area contributed by atoms with Gasteiger partial charge in [-0.2, -0.15) is 0 Å². The third-order valence-electron chi connectivity index (χ3n) is 0.507. The summed E-state index contributed by atoms with van der Waals surface area (Å²) in [5.41, 5.74) is 0. The average molecular weight is 119 g/mol. The van der Waals surface area contributed by atoms with Gasteiger partial charge in [0, 0.05) is 0 Å². The van der Waals surface area contributed by atoms with Gasteiger partial charge in [0.05, 0.1) is 5.95 Å². The van der Waals surface area contributed by atoms with Gasteiger partial charge in [0.15, 0.2) is 0 Å². The quantitative estimate of drug-likeness (QED) is 0.361. The molecule has 0 bridgehead atoms. The molecule has 0 radical (unpaired) electrons. The fraction of sp³-hybridized carbons (Fsp3) is 0.500. The summed E-state index contributed by atoms with van der Waals surface area (Å²) in [7, 11) is 3.62. The lowest BCUT2D eigenvalue weighted by Crippen LogP contribution is -2.05. The van der Waals surface area contributed by atoms with Crippen molar-refractivity contribution in [1.29, 1.82) is 0 Å². The normalized spacial score (nSPS) is 13.0. The summed E-state index contributed by atoms with van der Waals surface area (Å²) in [6.07, 6.45) is 0. The van der Waals surface area contributed by atoms with Gasteiger partial charge in [-0.1, -0.05) is 0 Å². The SMILES string of the molecule is CO/C([O-])=C(/C)P. The molecule has 0 saturated heterocycles. The topological polar surface area (TPSA) is 32.3 Å². The van der Waals surface area contributed by atoms with Crippen molar-refractivity contribution in [2.24, 2.45) is 0 Å². The first-order valence-electron chi connectivity index (χ1n) is 1.86. The van der Waals surface area contributed by atoms with Gasteiger partial charge in [-0.3, -0.25) is 0 Å². The second-order valence-electron chi connectivity index (χ2n) is 1.17. The van der Waals surface area contributed by atoms with Gasteiger partial charge in [-0.25, -0.2) is 0 Å². The summed E-state index contributed by atoms with van der Waals surface area (Å²) < 4.78 is 4.31. The molecule has 0 aliphatic heterocycles. The van der Waals surface area contributed by atoms with Crippen molar-refractivity contribution in [2.75, 3.05) is 7.11 Å². The molecular formula is C4H8O2P-. The summed E-state index contributed by atoms with van der Waals surface area (Å²) in [6, 6.07) is 0. The maximum absolute atomic E-state index is 10.2. The molecule has 0 heterocycles. The highest BCUT2D eigenvalue weighted by atomic mass is 31.0. The number of rotatable bonds is 1. The Morgan fingerprint density at radius 3 is 2.14 bits per heavy atom. The molecule has 0 rings (SSSR count). The molecule has 0 fully saturated rings. The number of hydrogen-bond acceptors (Lipinski definition) is 2. The molecule has 0 aromatic carbocycles. The molecule has 0 aromatic heterocycles. The molecule has 0 aliphatic carbocycles. The molecule has 3 heteroatoms. The van der Waals surface area contributed by atoms with E-state index in [0.717, 1.165) is 0 Å². The Morgan fingerprint density at radius 2 is 2.14 bits per heavy atom. The molecule has 7 heavy (non-hydrogen) atoms. The highest BCUT2D eigenvalue weighted by Crippen LogP contribution is 2.04. The minimum atomic E-state index is -0.273. The molecule has 1 atom stereocenters. The lowest BCUT2D eigenvalue weighted by Gasteiger charge is -2.08. The fourth-order valence-electron chi connectivity index (χ4n) is 0.161. The van der Waals surface area contributed by atoms with Crippen LogP contribution in [0, 0.1) is 0 Å². The molecule has 0 amide bonds. The second-order valence-corrected chi connectivity index (χ2v) is 2.04. The molecule has 0 aliphatic rings. The molecule has 42 valence electrons. The van der Waals surface area contributed by atoms with Gasteiger partial charge in [-0.15, -0.1) is 9.24 Å². The van der Waals surface area contributed by atoms with Crippen LogP contribution in [0.1, 0.15) is 6.92 Å². The first-order valence-corrected chi connectivity index (χ1v) is 2.43. The van der Waals surface area contributed by atoms with Crippen LogP contribution in [-0.2, 0) is 4.74 Å². The van der Waals surface area contributed by atoms with Crippen LogP contribution in [0.2, 0.25) is 0 Å². The van der Waals surface area contributed by atoms with Crippen molar-refractivity contribution in [1.82, 2.24) is 0 Å². The van der Waals surface area contributed by atoms with Crippen molar-refractivity contribution in [3.63, 3.8) is 0 Å². The van der Waals surface area contributed by atoms with Crippen molar-refractivity contribution < 1.29 is 9.84 Å². The molecule has 2 nitrogen and oxygen atoms in total. The van der Waals surface area contributed by atoms with Crippen molar-refractivity contribution in [3.05, 3.63) is 11.3 Å². The van der Waals surface area contributed by atoms with E-state index < -0.39 is 0 Å². The summed E-state index contributed by atoms with van der Waals surface area (Å²) >= 11 is 0. The van der Waals surface area contributed by atoms with Gasteiger partial charge in [0.1, 0.15) is 0 Å². The molecule has 0 aromatic rings. The fourth-order valence-corrected chi connectivity index (χ4v) is 0.279. The molecular weight excluding hydrogens is 111 g/mol. The Balaban J connectivity index is 3.72. The van der Waals surface area contributed by atoms with Gasteiger partial charge in [-0.05, 0) is 19.3 Å². The Hall–Kier alpha value is -0.230. The van der Waals surface area contributed by atoms with E-state index in [9.17, 15) is 5.11 Å². The zero-order chi connectivity index (χ0) is 5.86. The number of methoxy groups -OCH3 is 1. The number of ether oxygens (including phenoxy) is 1. The van der Waals surface area contributed by atoms with Crippen LogP contribution < -0.4 is 5.11 Å². The van der Waals surface area contributed by atoms with Gasteiger partial charge in [0.25, 0.3) is 0 Å². The van der Waals surface area contributed by atoms with Crippen LogP contribution in [0.5, 0.6) is 0 Å². The Kier molecular flexibility index (Phi) is 2.77. The van der Waals surface area contributed by atoms with Gasteiger partial charge < -0.3 is 9.84 Å². The third kappa shape index (κ3) is 2.46. The van der Waals surface area contributed by atoms with Gasteiger partial charge >= 0.3 is 0 Å².